The maximum Gasteiger partial charge on any atom is 0.288 e. The van der Waals surface area contributed by atoms with Crippen LogP contribution in [0.15, 0.2) is 18.2 Å². The number of likely N-dealkylation sites (tertiary alicyclic amines) is 1. The summed E-state index contributed by atoms with van der Waals surface area (Å²) in [6.07, 6.45) is 2.45. The fourth-order valence-corrected chi connectivity index (χ4v) is 2.82. The number of benzene rings is 1. The van der Waals surface area contributed by atoms with Crippen molar-refractivity contribution in [2.75, 3.05) is 6.54 Å². The molecule has 2 atom stereocenters. The second-order valence-electron chi connectivity index (χ2n) is 5.50. The predicted octanol–water partition coefficient (Wildman–Crippen LogP) is 3.87. The molecule has 0 amide bonds. The Hall–Kier alpha value is -1.13. The molecule has 0 aromatic heterocycles. The summed E-state index contributed by atoms with van der Waals surface area (Å²) < 4.78 is 0. The number of rotatable bonds is 3. The van der Waals surface area contributed by atoms with Gasteiger partial charge in [0, 0.05) is 25.2 Å². The van der Waals surface area contributed by atoms with Crippen LogP contribution in [0.5, 0.6) is 0 Å². The van der Waals surface area contributed by atoms with Gasteiger partial charge in [0.15, 0.2) is 0 Å². The van der Waals surface area contributed by atoms with E-state index in [-0.39, 0.29) is 10.7 Å². The molecule has 0 radical (unpaired) electrons. The van der Waals surface area contributed by atoms with Crippen LogP contribution in [0.2, 0.25) is 5.02 Å². The Balaban J connectivity index is 2.14. The van der Waals surface area contributed by atoms with Gasteiger partial charge >= 0.3 is 0 Å². The Morgan fingerprint density at radius 1 is 1.42 bits per heavy atom. The van der Waals surface area contributed by atoms with E-state index in [2.05, 4.69) is 18.7 Å². The number of hydrogen-bond acceptors (Lipinski definition) is 3. The normalized spacial score (nSPS) is 24.4. The number of nitro groups is 1. The van der Waals surface area contributed by atoms with E-state index in [1.54, 1.807) is 12.1 Å². The first-order valence-corrected chi connectivity index (χ1v) is 7.02. The topological polar surface area (TPSA) is 46.4 Å². The van der Waals surface area contributed by atoms with E-state index in [1.165, 1.54) is 12.8 Å². The zero-order chi connectivity index (χ0) is 14.0. The predicted molar refractivity (Wildman–Crippen MR) is 76.4 cm³/mol. The highest BCUT2D eigenvalue weighted by molar-refractivity contribution is 6.32. The highest BCUT2D eigenvalue weighted by atomic mass is 35.5. The van der Waals surface area contributed by atoms with Crippen molar-refractivity contribution in [3.8, 4) is 0 Å². The van der Waals surface area contributed by atoms with E-state index < -0.39 is 4.92 Å². The summed E-state index contributed by atoms with van der Waals surface area (Å²) in [6.45, 7) is 6.28. The summed E-state index contributed by atoms with van der Waals surface area (Å²) in [6, 6.07) is 5.62. The van der Waals surface area contributed by atoms with E-state index in [0.29, 0.717) is 12.0 Å². The zero-order valence-corrected chi connectivity index (χ0v) is 12.1. The molecule has 0 bridgehead atoms. The number of halogens is 1. The molecular formula is C14H19ClN2O2. The molecule has 0 saturated carbocycles. The Bertz CT molecular complexity index is 479. The van der Waals surface area contributed by atoms with E-state index in [0.717, 1.165) is 18.7 Å². The second kappa shape index (κ2) is 5.88. The SMILES string of the molecule is CC1CCC(C)N(Cc2ccc(Cl)c([N+](=O)[O-])c2)C1. The minimum atomic E-state index is -0.423. The molecule has 104 valence electrons. The molecule has 1 aromatic rings. The average molecular weight is 283 g/mol. The smallest absolute Gasteiger partial charge is 0.288 e. The molecule has 1 aliphatic heterocycles. The summed E-state index contributed by atoms with van der Waals surface area (Å²) >= 11 is 5.83. The second-order valence-corrected chi connectivity index (χ2v) is 5.91. The third kappa shape index (κ3) is 3.45. The Labute approximate surface area is 118 Å². The van der Waals surface area contributed by atoms with Gasteiger partial charge in [0.05, 0.1) is 4.92 Å². The monoisotopic (exact) mass is 282 g/mol. The molecule has 1 heterocycles. The molecular weight excluding hydrogens is 264 g/mol. The largest absolute Gasteiger partial charge is 0.296 e. The van der Waals surface area contributed by atoms with Crippen LogP contribution in [0, 0.1) is 16.0 Å². The third-order valence-corrected chi connectivity index (χ3v) is 4.16. The Kier molecular flexibility index (Phi) is 4.42. The number of hydrogen-bond donors (Lipinski definition) is 0. The van der Waals surface area contributed by atoms with Gasteiger partial charge in [-0.2, -0.15) is 0 Å². The van der Waals surface area contributed by atoms with Gasteiger partial charge in [-0.3, -0.25) is 15.0 Å². The molecule has 0 N–H and O–H groups in total. The van der Waals surface area contributed by atoms with Crippen LogP contribution in [0.4, 0.5) is 5.69 Å². The van der Waals surface area contributed by atoms with Crippen LogP contribution in [0.3, 0.4) is 0 Å². The molecule has 1 aliphatic rings. The average Bonchev–Trinajstić information content (AvgIpc) is 2.36. The van der Waals surface area contributed by atoms with E-state index in [4.69, 9.17) is 11.6 Å². The van der Waals surface area contributed by atoms with Crippen molar-refractivity contribution >= 4 is 17.3 Å². The fraction of sp³-hybridized carbons (Fsp3) is 0.571. The zero-order valence-electron chi connectivity index (χ0n) is 11.3. The van der Waals surface area contributed by atoms with Crippen molar-refractivity contribution in [1.29, 1.82) is 0 Å². The lowest BCUT2D eigenvalue weighted by molar-refractivity contribution is -0.384. The van der Waals surface area contributed by atoms with E-state index >= 15 is 0 Å². The van der Waals surface area contributed by atoms with Crippen LogP contribution in [0.25, 0.3) is 0 Å². The molecule has 5 heteroatoms. The number of piperidine rings is 1. The van der Waals surface area contributed by atoms with Gasteiger partial charge < -0.3 is 0 Å². The Morgan fingerprint density at radius 2 is 2.16 bits per heavy atom. The van der Waals surface area contributed by atoms with Gasteiger partial charge in [-0.05, 0) is 37.3 Å². The van der Waals surface area contributed by atoms with Gasteiger partial charge in [0.1, 0.15) is 5.02 Å². The Morgan fingerprint density at radius 3 is 2.84 bits per heavy atom. The molecule has 1 saturated heterocycles. The molecule has 1 aromatic carbocycles. The molecule has 2 rings (SSSR count). The molecule has 1 fully saturated rings. The molecule has 2 unspecified atom stereocenters. The molecule has 4 nitrogen and oxygen atoms in total. The quantitative estimate of drug-likeness (QED) is 0.624. The van der Waals surface area contributed by atoms with Gasteiger partial charge in [-0.15, -0.1) is 0 Å². The standard InChI is InChI=1S/C14H19ClN2O2/c1-10-3-4-11(2)16(8-10)9-12-5-6-13(15)14(7-12)17(18)19/h5-7,10-11H,3-4,8-9H2,1-2H3. The summed E-state index contributed by atoms with van der Waals surface area (Å²) in [7, 11) is 0. The molecule has 19 heavy (non-hydrogen) atoms. The van der Waals surface area contributed by atoms with Gasteiger partial charge in [-0.1, -0.05) is 24.6 Å². The van der Waals surface area contributed by atoms with Crippen LogP contribution < -0.4 is 0 Å². The lowest BCUT2D eigenvalue weighted by Crippen LogP contribution is -2.40. The van der Waals surface area contributed by atoms with Gasteiger partial charge in [0.25, 0.3) is 5.69 Å². The van der Waals surface area contributed by atoms with E-state index in [9.17, 15) is 10.1 Å². The van der Waals surface area contributed by atoms with Crippen molar-refractivity contribution in [2.45, 2.75) is 39.3 Å². The fourth-order valence-electron chi connectivity index (χ4n) is 2.63. The first-order valence-electron chi connectivity index (χ1n) is 6.64. The van der Waals surface area contributed by atoms with Gasteiger partial charge in [-0.25, -0.2) is 0 Å². The van der Waals surface area contributed by atoms with Crippen molar-refractivity contribution < 1.29 is 4.92 Å². The number of nitrogens with zero attached hydrogens (tertiary/aromatic N) is 2. The van der Waals surface area contributed by atoms with Crippen molar-refractivity contribution in [1.82, 2.24) is 4.90 Å². The molecule has 0 spiro atoms. The first-order chi connectivity index (χ1) is 8.97. The lowest BCUT2D eigenvalue weighted by Gasteiger charge is -2.36. The van der Waals surface area contributed by atoms with Crippen molar-refractivity contribution in [3.63, 3.8) is 0 Å². The highest BCUT2D eigenvalue weighted by Gasteiger charge is 2.23. The summed E-state index contributed by atoms with van der Waals surface area (Å²) in [5, 5.41) is 11.1. The van der Waals surface area contributed by atoms with Crippen molar-refractivity contribution in [3.05, 3.63) is 38.9 Å². The van der Waals surface area contributed by atoms with Crippen LogP contribution >= 0.6 is 11.6 Å². The van der Waals surface area contributed by atoms with Crippen LogP contribution in [-0.4, -0.2) is 22.4 Å². The van der Waals surface area contributed by atoms with Crippen molar-refractivity contribution in [2.24, 2.45) is 5.92 Å². The van der Waals surface area contributed by atoms with E-state index in [1.807, 2.05) is 6.07 Å². The minimum Gasteiger partial charge on any atom is -0.296 e. The van der Waals surface area contributed by atoms with Crippen LogP contribution in [0.1, 0.15) is 32.3 Å². The summed E-state index contributed by atoms with van der Waals surface area (Å²) in [4.78, 5) is 12.9. The molecule has 0 aliphatic carbocycles. The number of nitro benzene ring substituents is 1. The highest BCUT2D eigenvalue weighted by Crippen LogP contribution is 2.28. The van der Waals surface area contributed by atoms with Crippen LogP contribution in [-0.2, 0) is 6.54 Å². The maximum atomic E-state index is 10.9. The third-order valence-electron chi connectivity index (χ3n) is 3.84. The van der Waals surface area contributed by atoms with Gasteiger partial charge in [0.2, 0.25) is 0 Å². The summed E-state index contributed by atoms with van der Waals surface area (Å²) in [5.74, 6) is 0.693. The maximum absolute atomic E-state index is 10.9. The minimum absolute atomic E-state index is 0.00289. The lowest BCUT2D eigenvalue weighted by atomic mass is 9.94. The first kappa shape index (κ1) is 14.3. The summed E-state index contributed by atoms with van der Waals surface area (Å²) in [5.41, 5.74) is 0.953.